The highest BCUT2D eigenvalue weighted by Crippen LogP contribution is 2.29. The zero-order valence-corrected chi connectivity index (χ0v) is 13.5. The molecule has 0 amide bonds. The fraction of sp³-hybridized carbons (Fsp3) is 0.538. The lowest BCUT2D eigenvalue weighted by Gasteiger charge is -2.33. The lowest BCUT2D eigenvalue weighted by atomic mass is 9.83. The molecular formula is C13H18ClN3O4S. The van der Waals surface area contributed by atoms with Crippen LogP contribution in [-0.2, 0) is 10.0 Å². The molecule has 3 N–H and O–H groups in total. The largest absolute Gasteiger partial charge is 0.324 e. The minimum Gasteiger partial charge on any atom is -0.324 e. The van der Waals surface area contributed by atoms with Crippen LogP contribution in [0.25, 0.3) is 0 Å². The number of rotatable bonds is 5. The summed E-state index contributed by atoms with van der Waals surface area (Å²) in [4.78, 5) is 9.85. The van der Waals surface area contributed by atoms with Gasteiger partial charge in [0.25, 0.3) is 5.69 Å². The molecule has 0 aliphatic heterocycles. The van der Waals surface area contributed by atoms with Crippen molar-refractivity contribution in [3.63, 3.8) is 0 Å². The molecule has 0 spiro atoms. The standard InChI is InChI=1S/C13H18ClN3O4S/c14-10-4-5-12(11(8-10)17(18)19)22(20,21)16-9-13(15)6-2-1-3-7-13/h4-5,8,16H,1-3,6-7,9,15H2. The Morgan fingerprint density at radius 3 is 2.55 bits per heavy atom. The summed E-state index contributed by atoms with van der Waals surface area (Å²) in [5.74, 6) is 0. The normalized spacial score (nSPS) is 18.1. The fourth-order valence-corrected chi connectivity index (χ4v) is 4.06. The van der Waals surface area contributed by atoms with Gasteiger partial charge in [-0.05, 0) is 25.0 Å². The smallest absolute Gasteiger partial charge is 0.290 e. The SMILES string of the molecule is NC1(CNS(=O)(=O)c2ccc(Cl)cc2[N+](=O)[O-])CCCCC1. The number of sulfonamides is 1. The van der Waals surface area contributed by atoms with Gasteiger partial charge in [0, 0.05) is 23.2 Å². The van der Waals surface area contributed by atoms with Crippen molar-refractivity contribution in [3.05, 3.63) is 33.3 Å². The predicted octanol–water partition coefficient (Wildman–Crippen LogP) is 2.19. The summed E-state index contributed by atoms with van der Waals surface area (Å²) < 4.78 is 27.1. The number of nitrogens with one attached hydrogen (secondary N) is 1. The van der Waals surface area contributed by atoms with E-state index in [2.05, 4.69) is 4.72 Å². The maximum atomic E-state index is 12.3. The molecule has 1 aromatic carbocycles. The van der Waals surface area contributed by atoms with E-state index < -0.39 is 31.1 Å². The molecule has 2 rings (SSSR count). The molecule has 1 aliphatic carbocycles. The van der Waals surface area contributed by atoms with Crippen molar-refractivity contribution in [2.75, 3.05) is 6.54 Å². The van der Waals surface area contributed by atoms with E-state index in [0.717, 1.165) is 44.2 Å². The highest BCUT2D eigenvalue weighted by atomic mass is 35.5. The van der Waals surface area contributed by atoms with Crippen molar-refractivity contribution in [2.24, 2.45) is 5.73 Å². The highest BCUT2D eigenvalue weighted by Gasteiger charge is 2.31. The minimum atomic E-state index is -4.02. The van der Waals surface area contributed by atoms with Gasteiger partial charge in [0.05, 0.1) is 4.92 Å². The van der Waals surface area contributed by atoms with Crippen LogP contribution in [0.2, 0.25) is 5.02 Å². The van der Waals surface area contributed by atoms with Crippen molar-refractivity contribution in [2.45, 2.75) is 42.5 Å². The molecular weight excluding hydrogens is 330 g/mol. The van der Waals surface area contributed by atoms with Gasteiger partial charge >= 0.3 is 0 Å². The highest BCUT2D eigenvalue weighted by molar-refractivity contribution is 7.89. The molecule has 9 heteroatoms. The minimum absolute atomic E-state index is 0.0646. The Labute approximate surface area is 134 Å². The molecule has 1 fully saturated rings. The summed E-state index contributed by atoms with van der Waals surface area (Å²) in [7, 11) is -4.02. The van der Waals surface area contributed by atoms with E-state index in [9.17, 15) is 18.5 Å². The van der Waals surface area contributed by atoms with Crippen molar-refractivity contribution in [3.8, 4) is 0 Å². The molecule has 1 aromatic rings. The van der Waals surface area contributed by atoms with Crippen LogP contribution >= 0.6 is 11.6 Å². The Morgan fingerprint density at radius 1 is 1.32 bits per heavy atom. The second-order valence-corrected chi connectivity index (χ2v) is 7.79. The topological polar surface area (TPSA) is 115 Å². The predicted molar refractivity (Wildman–Crippen MR) is 83.3 cm³/mol. The van der Waals surface area contributed by atoms with Crippen LogP contribution in [0, 0.1) is 10.1 Å². The van der Waals surface area contributed by atoms with E-state index in [4.69, 9.17) is 17.3 Å². The van der Waals surface area contributed by atoms with E-state index >= 15 is 0 Å². The maximum Gasteiger partial charge on any atom is 0.290 e. The molecule has 7 nitrogen and oxygen atoms in total. The average molecular weight is 348 g/mol. The van der Waals surface area contributed by atoms with Crippen LogP contribution in [0.5, 0.6) is 0 Å². The number of hydrogen-bond acceptors (Lipinski definition) is 5. The van der Waals surface area contributed by atoms with Crippen LogP contribution in [0.4, 0.5) is 5.69 Å². The first-order chi connectivity index (χ1) is 10.2. The Morgan fingerprint density at radius 2 is 1.95 bits per heavy atom. The molecule has 0 heterocycles. The van der Waals surface area contributed by atoms with Gasteiger partial charge in [-0.1, -0.05) is 30.9 Å². The van der Waals surface area contributed by atoms with E-state index in [-0.39, 0.29) is 11.6 Å². The molecule has 1 aliphatic rings. The molecule has 0 unspecified atom stereocenters. The lowest BCUT2D eigenvalue weighted by molar-refractivity contribution is -0.387. The van der Waals surface area contributed by atoms with E-state index in [1.165, 1.54) is 6.07 Å². The quantitative estimate of drug-likeness (QED) is 0.625. The van der Waals surface area contributed by atoms with E-state index in [1.54, 1.807) is 0 Å². The summed E-state index contributed by atoms with van der Waals surface area (Å²) in [6.45, 7) is 0.0646. The third-order valence-electron chi connectivity index (χ3n) is 3.87. The van der Waals surface area contributed by atoms with Gasteiger partial charge < -0.3 is 5.73 Å². The molecule has 0 aromatic heterocycles. The monoisotopic (exact) mass is 347 g/mol. The molecule has 1 saturated carbocycles. The number of nitro groups is 1. The van der Waals surface area contributed by atoms with Gasteiger partial charge in [0.15, 0.2) is 4.90 Å². The number of nitrogens with zero attached hydrogens (tertiary/aromatic N) is 1. The summed E-state index contributed by atoms with van der Waals surface area (Å²) in [5, 5.41) is 11.1. The van der Waals surface area contributed by atoms with Crippen molar-refractivity contribution in [1.29, 1.82) is 0 Å². The summed E-state index contributed by atoms with van der Waals surface area (Å²) in [6.07, 6.45) is 4.48. The van der Waals surface area contributed by atoms with Gasteiger partial charge in [-0.3, -0.25) is 10.1 Å². The number of hydrogen-bond donors (Lipinski definition) is 2. The first kappa shape index (κ1) is 17.1. The van der Waals surface area contributed by atoms with Gasteiger partial charge in [0.1, 0.15) is 0 Å². The summed E-state index contributed by atoms with van der Waals surface area (Å²) in [6, 6.07) is 3.46. The zero-order chi connectivity index (χ0) is 16.4. The molecule has 22 heavy (non-hydrogen) atoms. The van der Waals surface area contributed by atoms with Crippen molar-refractivity contribution < 1.29 is 13.3 Å². The summed E-state index contributed by atoms with van der Waals surface area (Å²) in [5.41, 5.74) is 5.05. The van der Waals surface area contributed by atoms with Crippen molar-refractivity contribution in [1.82, 2.24) is 4.72 Å². The molecule has 0 bridgehead atoms. The molecule has 0 atom stereocenters. The number of halogens is 1. The zero-order valence-electron chi connectivity index (χ0n) is 11.9. The number of nitro benzene ring substituents is 1. The first-order valence-electron chi connectivity index (χ1n) is 6.96. The molecule has 0 saturated heterocycles. The second kappa shape index (κ2) is 6.49. The maximum absolute atomic E-state index is 12.3. The lowest BCUT2D eigenvalue weighted by Crippen LogP contribution is -2.51. The number of nitrogens with two attached hydrogens (primary N) is 1. The fourth-order valence-electron chi connectivity index (χ4n) is 2.61. The van der Waals surface area contributed by atoms with Crippen LogP contribution < -0.4 is 10.5 Å². The van der Waals surface area contributed by atoms with Gasteiger partial charge in [-0.25, -0.2) is 13.1 Å². The average Bonchev–Trinajstić information content (AvgIpc) is 2.46. The van der Waals surface area contributed by atoms with Crippen LogP contribution in [-0.4, -0.2) is 25.4 Å². The van der Waals surface area contributed by atoms with E-state index in [0.29, 0.717) is 0 Å². The Hall–Kier alpha value is -1.22. The third kappa shape index (κ3) is 3.95. The Kier molecular flexibility index (Phi) is 5.06. The van der Waals surface area contributed by atoms with Crippen molar-refractivity contribution >= 4 is 27.3 Å². The van der Waals surface area contributed by atoms with Gasteiger partial charge in [0.2, 0.25) is 10.0 Å². The molecule has 122 valence electrons. The third-order valence-corrected chi connectivity index (χ3v) is 5.55. The number of benzene rings is 1. The van der Waals surface area contributed by atoms with E-state index in [1.807, 2.05) is 0 Å². The first-order valence-corrected chi connectivity index (χ1v) is 8.82. The Balaban J connectivity index is 2.22. The Bertz CT molecular complexity index is 672. The van der Waals surface area contributed by atoms with Crippen LogP contribution in [0.3, 0.4) is 0 Å². The summed E-state index contributed by atoms with van der Waals surface area (Å²) >= 11 is 5.69. The van der Waals surface area contributed by atoms with Gasteiger partial charge in [-0.15, -0.1) is 0 Å². The van der Waals surface area contributed by atoms with Crippen LogP contribution in [0.15, 0.2) is 23.1 Å². The second-order valence-electron chi connectivity index (χ2n) is 5.62. The van der Waals surface area contributed by atoms with Gasteiger partial charge in [-0.2, -0.15) is 0 Å². The molecule has 0 radical (unpaired) electrons. The van der Waals surface area contributed by atoms with Crippen LogP contribution in [0.1, 0.15) is 32.1 Å².